The van der Waals surface area contributed by atoms with Gasteiger partial charge in [-0.05, 0) is 229 Å². The normalized spacial score (nSPS) is 11.9. The van der Waals surface area contributed by atoms with Crippen molar-refractivity contribution in [3.8, 4) is 100 Å². The molecule has 8 heteroatoms. The highest BCUT2D eigenvalue weighted by molar-refractivity contribution is 7.26. The van der Waals surface area contributed by atoms with Gasteiger partial charge in [-0.1, -0.05) is 297 Å². The zero-order chi connectivity index (χ0) is 84.0. The molecule has 0 bridgehead atoms. The molecule has 6 nitrogen and oxygen atoms in total. The first-order chi connectivity index (χ1) is 63.4. The Kier molecular flexibility index (Phi) is 17.0. The zero-order valence-electron chi connectivity index (χ0n) is 68.9. The van der Waals surface area contributed by atoms with Gasteiger partial charge in [0.25, 0.3) is 0 Å². The van der Waals surface area contributed by atoms with Crippen LogP contribution >= 0.6 is 22.7 Å². The Hall–Kier alpha value is -16.4. The minimum Gasteiger partial charge on any atom is -0.456 e. The van der Waals surface area contributed by atoms with Gasteiger partial charge in [0.05, 0.1) is 0 Å². The van der Waals surface area contributed by atoms with Gasteiger partial charge in [-0.3, -0.25) is 0 Å². The molecule has 26 rings (SSSR count). The molecular formula is C120H72N2O4S2. The number of hydrogen-bond acceptors (Lipinski definition) is 8. The number of benzene rings is 20. The summed E-state index contributed by atoms with van der Waals surface area (Å²) in [5.41, 5.74) is 33.0. The molecule has 0 aliphatic heterocycles. The Bertz CT molecular complexity index is 8920. The van der Waals surface area contributed by atoms with Gasteiger partial charge in [0.15, 0.2) is 0 Å². The minimum atomic E-state index is 0.795. The maximum Gasteiger partial charge on any atom is 0.144 e. The molecule has 0 unspecified atom stereocenters. The molecule has 0 N–H and O–H groups in total. The van der Waals surface area contributed by atoms with Crippen LogP contribution in [0.3, 0.4) is 0 Å². The van der Waals surface area contributed by atoms with Crippen molar-refractivity contribution in [2.75, 3.05) is 9.80 Å². The third-order valence-corrected chi connectivity index (χ3v) is 28.3. The van der Waals surface area contributed by atoms with E-state index < -0.39 is 0 Å². The van der Waals surface area contributed by atoms with Crippen LogP contribution in [0.4, 0.5) is 34.1 Å². The third kappa shape index (κ3) is 12.1. The molecule has 598 valence electrons. The van der Waals surface area contributed by atoms with Gasteiger partial charge >= 0.3 is 0 Å². The van der Waals surface area contributed by atoms with E-state index in [1.165, 1.54) is 62.6 Å². The fraction of sp³-hybridized carbons (Fsp3) is 0. The second kappa shape index (κ2) is 29.7. The van der Waals surface area contributed by atoms with Crippen molar-refractivity contribution < 1.29 is 17.7 Å². The van der Waals surface area contributed by atoms with Crippen LogP contribution in [0.5, 0.6) is 0 Å². The standard InChI is InChI=1S/C120H72N2O4S2/c1-6-33-104-99(21-1)113-89(25-14-36-107(113)123-104)76-50-62-85(63-51-76)121(83-58-46-74(47-59-83)73-42-44-80(45-43-73)94-29-12-31-98-95-20-4-9-39-110(95)128-120(94)98)88-68-56-79(57-69-88)93-70-71-97(119-117(93)101-23-3-8-35-106(101)125-119)96-30-13-32-103-115-91(27-16-38-109(115)126-118(96)103)78-54-66-87(67-55-78)122(86-64-52-77(53-65-86)90-26-15-37-108-114(90)100-22-2-7-34-105(100)124-108)84-60-48-75(49-61-84)81-18-11-19-82(72-81)92-28-17-41-112-116(92)102-24-5-10-40-111(102)127-112/h1-72H. The molecule has 0 spiro atoms. The van der Waals surface area contributed by atoms with E-state index in [1.807, 2.05) is 46.9 Å². The molecule has 0 saturated heterocycles. The lowest BCUT2D eigenvalue weighted by Crippen LogP contribution is -2.09. The van der Waals surface area contributed by atoms with Crippen molar-refractivity contribution >= 4 is 185 Å². The molecule has 0 amide bonds. The third-order valence-electron chi connectivity index (χ3n) is 26.0. The predicted octanol–water partition coefficient (Wildman–Crippen LogP) is 36.0. The van der Waals surface area contributed by atoms with Gasteiger partial charge in [-0.2, -0.15) is 0 Å². The van der Waals surface area contributed by atoms with Crippen molar-refractivity contribution in [3.05, 3.63) is 437 Å². The van der Waals surface area contributed by atoms with Gasteiger partial charge in [0.1, 0.15) is 44.7 Å². The summed E-state index contributed by atoms with van der Waals surface area (Å²) in [6, 6.07) is 158. The molecule has 0 aliphatic rings. The molecule has 0 aliphatic carbocycles. The van der Waals surface area contributed by atoms with E-state index in [1.54, 1.807) is 0 Å². The monoisotopic (exact) mass is 1670 g/mol. The number of nitrogens with zero attached hydrogens (tertiary/aromatic N) is 2. The molecule has 0 saturated carbocycles. The Balaban J connectivity index is 0.537. The van der Waals surface area contributed by atoms with E-state index in [4.69, 9.17) is 17.7 Å². The van der Waals surface area contributed by atoms with E-state index in [0.717, 1.165) is 200 Å². The van der Waals surface area contributed by atoms with E-state index in [9.17, 15) is 0 Å². The molecule has 0 fully saturated rings. The van der Waals surface area contributed by atoms with Crippen molar-refractivity contribution in [1.29, 1.82) is 0 Å². The quantitative estimate of drug-likeness (QED) is 0.102. The molecule has 0 radical (unpaired) electrons. The molecule has 20 aromatic carbocycles. The van der Waals surface area contributed by atoms with E-state index in [2.05, 4.69) is 422 Å². The largest absolute Gasteiger partial charge is 0.456 e. The Morgan fingerprint density at radius 3 is 0.992 bits per heavy atom. The lowest BCUT2D eigenvalue weighted by atomic mass is 9.93. The maximum absolute atomic E-state index is 7.17. The number of hydrogen-bond donors (Lipinski definition) is 0. The Labute approximate surface area is 743 Å². The van der Waals surface area contributed by atoms with Gasteiger partial charge < -0.3 is 27.5 Å². The van der Waals surface area contributed by atoms with Crippen molar-refractivity contribution in [1.82, 2.24) is 0 Å². The number of anilines is 6. The first kappa shape index (κ1) is 73.2. The predicted molar refractivity (Wildman–Crippen MR) is 540 cm³/mol. The van der Waals surface area contributed by atoms with Crippen LogP contribution in [0, 0.1) is 0 Å². The summed E-state index contributed by atoms with van der Waals surface area (Å²) < 4.78 is 32.3. The first-order valence-electron chi connectivity index (χ1n) is 43.4. The maximum atomic E-state index is 7.17. The highest BCUT2D eigenvalue weighted by Gasteiger charge is 2.26. The van der Waals surface area contributed by atoms with Gasteiger partial charge in [-0.25, -0.2) is 0 Å². The lowest BCUT2D eigenvalue weighted by Gasteiger charge is -2.26. The smallest absolute Gasteiger partial charge is 0.144 e. The fourth-order valence-corrected chi connectivity index (χ4v) is 22.3. The van der Waals surface area contributed by atoms with E-state index in [0.29, 0.717) is 0 Å². The van der Waals surface area contributed by atoms with Crippen LogP contribution in [0.1, 0.15) is 0 Å². The highest BCUT2D eigenvalue weighted by atomic mass is 32.1. The van der Waals surface area contributed by atoms with Gasteiger partial charge in [0.2, 0.25) is 0 Å². The second-order valence-corrected chi connectivity index (χ2v) is 35.3. The number of fused-ring (bicyclic) bond motifs is 18. The van der Waals surface area contributed by atoms with Crippen molar-refractivity contribution in [2.45, 2.75) is 0 Å². The van der Waals surface area contributed by atoms with Crippen LogP contribution < -0.4 is 9.80 Å². The summed E-state index contributed by atoms with van der Waals surface area (Å²) in [6.45, 7) is 0. The lowest BCUT2D eigenvalue weighted by molar-refractivity contribution is 0.665. The molecule has 6 heterocycles. The molecule has 0 atom stereocenters. The minimum absolute atomic E-state index is 0.795. The average molecular weight is 1670 g/mol. The summed E-state index contributed by atoms with van der Waals surface area (Å²) in [4.78, 5) is 4.72. The fourth-order valence-electron chi connectivity index (χ4n) is 20.0. The van der Waals surface area contributed by atoms with E-state index >= 15 is 0 Å². The molecule has 6 aromatic heterocycles. The van der Waals surface area contributed by atoms with Crippen LogP contribution in [0.15, 0.2) is 454 Å². The zero-order valence-corrected chi connectivity index (χ0v) is 70.5. The number of rotatable bonds is 15. The first-order valence-corrected chi connectivity index (χ1v) is 45.0. The summed E-state index contributed by atoms with van der Waals surface area (Å²) in [5.74, 6) is 0. The van der Waals surface area contributed by atoms with E-state index in [-0.39, 0.29) is 0 Å². The van der Waals surface area contributed by atoms with Crippen LogP contribution in [0.2, 0.25) is 0 Å². The topological polar surface area (TPSA) is 59.0 Å². The summed E-state index contributed by atoms with van der Waals surface area (Å²) >= 11 is 3.72. The van der Waals surface area contributed by atoms with Crippen molar-refractivity contribution in [2.24, 2.45) is 0 Å². The van der Waals surface area contributed by atoms with Crippen LogP contribution in [0.25, 0.3) is 228 Å². The summed E-state index contributed by atoms with van der Waals surface area (Å²) in [5, 5.41) is 13.8. The summed E-state index contributed by atoms with van der Waals surface area (Å²) in [7, 11) is 0. The SMILES string of the molecule is c1cc(-c2ccc(N(c3ccc(-c4cccc5oc6ccccc6c45)cc3)c3ccc(-c4cccc5oc6c(-c7ccc(-c8ccc(N(c9ccc(-c%10ccc(-c%11cccc%12c%11sc%11ccccc%11%12)cc%10)cc9)c9ccc(-c%10cccc%11oc%12ccccc%12c%10%11)cc9)cc8)c8c7oc7ccccc78)cccc6c45)cc3)cc2)cc(-c2cccc3sc4ccccc4c23)c1. The van der Waals surface area contributed by atoms with Gasteiger partial charge in [0, 0.05) is 129 Å². The summed E-state index contributed by atoms with van der Waals surface area (Å²) in [6.07, 6.45) is 0. The number of furan rings is 4. The van der Waals surface area contributed by atoms with Crippen molar-refractivity contribution in [3.63, 3.8) is 0 Å². The molecular weight excluding hydrogens is 1600 g/mol. The van der Waals surface area contributed by atoms with Crippen LogP contribution in [-0.2, 0) is 0 Å². The highest BCUT2D eigenvalue weighted by Crippen LogP contribution is 2.51. The van der Waals surface area contributed by atoms with Crippen LogP contribution in [-0.4, -0.2) is 0 Å². The molecule has 128 heavy (non-hydrogen) atoms. The Morgan fingerprint density at radius 1 is 0.156 bits per heavy atom. The number of para-hydroxylation sites is 4. The Morgan fingerprint density at radius 2 is 0.461 bits per heavy atom. The second-order valence-electron chi connectivity index (χ2n) is 33.1. The average Bonchev–Trinajstić information content (AvgIpc) is 1.56. The van der Waals surface area contributed by atoms with Gasteiger partial charge in [-0.15, -0.1) is 22.7 Å². The molecule has 26 aromatic rings. The number of thiophene rings is 2.